The maximum atomic E-state index is 5.65. The maximum absolute atomic E-state index is 5.65. The second-order valence-corrected chi connectivity index (χ2v) is 3.77. The SMILES string of the molecule is CN(C)C1CCN(CCCl)C1. The fourth-order valence-electron chi connectivity index (χ4n) is 1.56. The molecule has 0 N–H and O–H groups in total. The van der Waals surface area contributed by atoms with Crippen LogP contribution in [0.4, 0.5) is 0 Å². The summed E-state index contributed by atoms with van der Waals surface area (Å²) in [6, 6.07) is 0.748. The summed E-state index contributed by atoms with van der Waals surface area (Å²) < 4.78 is 0. The number of nitrogens with zero attached hydrogens (tertiary/aromatic N) is 2. The highest BCUT2D eigenvalue weighted by Gasteiger charge is 2.22. The van der Waals surface area contributed by atoms with Crippen molar-refractivity contribution in [1.82, 2.24) is 9.80 Å². The lowest BCUT2D eigenvalue weighted by Gasteiger charge is -2.19. The molecule has 0 saturated carbocycles. The minimum Gasteiger partial charge on any atom is -0.305 e. The van der Waals surface area contributed by atoms with Crippen molar-refractivity contribution in [3.05, 3.63) is 0 Å². The summed E-state index contributed by atoms with van der Waals surface area (Å²) in [6.07, 6.45) is 1.30. The van der Waals surface area contributed by atoms with E-state index in [4.69, 9.17) is 11.6 Å². The molecule has 0 radical (unpaired) electrons. The highest BCUT2D eigenvalue weighted by Crippen LogP contribution is 2.12. The summed E-state index contributed by atoms with van der Waals surface area (Å²) in [6.45, 7) is 3.46. The molecule has 1 rings (SSSR count). The molecule has 1 unspecified atom stereocenters. The summed E-state index contributed by atoms with van der Waals surface area (Å²) >= 11 is 5.65. The van der Waals surface area contributed by atoms with Gasteiger partial charge in [0.15, 0.2) is 0 Å². The zero-order valence-corrected chi connectivity index (χ0v) is 8.14. The van der Waals surface area contributed by atoms with E-state index >= 15 is 0 Å². The van der Waals surface area contributed by atoms with Crippen molar-refractivity contribution in [3.8, 4) is 0 Å². The highest BCUT2D eigenvalue weighted by atomic mass is 35.5. The molecule has 1 fully saturated rings. The number of likely N-dealkylation sites (tertiary alicyclic amines) is 1. The number of likely N-dealkylation sites (N-methyl/N-ethyl adjacent to an activating group) is 1. The molecule has 0 aromatic carbocycles. The quantitative estimate of drug-likeness (QED) is 0.589. The third-order valence-corrected chi connectivity index (χ3v) is 2.55. The zero-order valence-electron chi connectivity index (χ0n) is 7.39. The fraction of sp³-hybridized carbons (Fsp3) is 1.00. The van der Waals surface area contributed by atoms with Gasteiger partial charge in [0.05, 0.1) is 0 Å². The van der Waals surface area contributed by atoms with Crippen LogP contribution in [0.15, 0.2) is 0 Å². The second-order valence-electron chi connectivity index (χ2n) is 3.40. The minimum absolute atomic E-state index is 0.748. The van der Waals surface area contributed by atoms with Crippen LogP contribution < -0.4 is 0 Å². The van der Waals surface area contributed by atoms with Gasteiger partial charge in [0, 0.05) is 25.0 Å². The van der Waals surface area contributed by atoms with Crippen molar-refractivity contribution in [2.24, 2.45) is 0 Å². The molecule has 0 spiro atoms. The molecule has 0 bridgehead atoms. The Morgan fingerprint density at radius 3 is 2.73 bits per heavy atom. The van der Waals surface area contributed by atoms with E-state index in [-0.39, 0.29) is 0 Å². The number of rotatable bonds is 3. The average molecular weight is 177 g/mol. The van der Waals surface area contributed by atoms with Crippen molar-refractivity contribution in [2.75, 3.05) is 39.6 Å². The van der Waals surface area contributed by atoms with Crippen LogP contribution in [-0.2, 0) is 0 Å². The summed E-state index contributed by atoms with van der Waals surface area (Å²) in [5, 5.41) is 0. The predicted molar refractivity (Wildman–Crippen MR) is 49.3 cm³/mol. The second kappa shape index (κ2) is 4.29. The van der Waals surface area contributed by atoms with Crippen molar-refractivity contribution >= 4 is 11.6 Å². The van der Waals surface area contributed by atoms with Gasteiger partial charge >= 0.3 is 0 Å². The third-order valence-electron chi connectivity index (χ3n) is 2.38. The first-order chi connectivity index (χ1) is 5.24. The molecular formula is C8H17ClN2. The molecule has 0 aromatic rings. The van der Waals surface area contributed by atoms with Crippen LogP contribution in [0.3, 0.4) is 0 Å². The summed E-state index contributed by atoms with van der Waals surface area (Å²) in [7, 11) is 4.30. The number of hydrogen-bond acceptors (Lipinski definition) is 2. The van der Waals surface area contributed by atoms with Gasteiger partial charge in [0.25, 0.3) is 0 Å². The first-order valence-corrected chi connectivity index (χ1v) is 4.72. The Kier molecular flexibility index (Phi) is 3.63. The van der Waals surface area contributed by atoms with Crippen LogP contribution in [0, 0.1) is 0 Å². The van der Waals surface area contributed by atoms with Gasteiger partial charge in [-0.25, -0.2) is 0 Å². The number of alkyl halides is 1. The zero-order chi connectivity index (χ0) is 8.27. The standard InChI is InChI=1S/C8H17ClN2/c1-10(2)8-3-5-11(7-8)6-4-9/h8H,3-7H2,1-2H3. The van der Waals surface area contributed by atoms with E-state index in [0.717, 1.165) is 18.5 Å². The predicted octanol–water partition coefficient (Wildman–Crippen LogP) is 0.861. The van der Waals surface area contributed by atoms with Gasteiger partial charge in [0.2, 0.25) is 0 Å². The van der Waals surface area contributed by atoms with E-state index in [1.54, 1.807) is 0 Å². The Hall–Kier alpha value is 0.210. The Morgan fingerprint density at radius 1 is 1.55 bits per heavy atom. The molecule has 1 atom stereocenters. The molecule has 0 amide bonds. The Labute approximate surface area is 74.1 Å². The highest BCUT2D eigenvalue weighted by molar-refractivity contribution is 6.18. The molecule has 1 heterocycles. The Balaban J connectivity index is 2.23. The molecule has 0 aromatic heterocycles. The van der Waals surface area contributed by atoms with E-state index in [0.29, 0.717) is 0 Å². The molecule has 66 valence electrons. The third kappa shape index (κ3) is 2.62. The molecule has 1 saturated heterocycles. The maximum Gasteiger partial charge on any atom is 0.0351 e. The van der Waals surface area contributed by atoms with Crippen LogP contribution in [0.1, 0.15) is 6.42 Å². The topological polar surface area (TPSA) is 6.48 Å². The van der Waals surface area contributed by atoms with Gasteiger partial charge in [-0.3, -0.25) is 0 Å². The monoisotopic (exact) mass is 176 g/mol. The number of halogens is 1. The largest absolute Gasteiger partial charge is 0.305 e. The first kappa shape index (κ1) is 9.30. The smallest absolute Gasteiger partial charge is 0.0351 e. The van der Waals surface area contributed by atoms with E-state index in [9.17, 15) is 0 Å². The van der Waals surface area contributed by atoms with Gasteiger partial charge in [-0.05, 0) is 27.1 Å². The normalized spacial score (nSPS) is 26.7. The van der Waals surface area contributed by atoms with E-state index < -0.39 is 0 Å². The Morgan fingerprint density at radius 2 is 2.27 bits per heavy atom. The molecule has 11 heavy (non-hydrogen) atoms. The van der Waals surface area contributed by atoms with Crippen molar-refractivity contribution in [1.29, 1.82) is 0 Å². The van der Waals surface area contributed by atoms with Crippen LogP contribution in [0.25, 0.3) is 0 Å². The molecule has 1 aliphatic rings. The van der Waals surface area contributed by atoms with Crippen molar-refractivity contribution < 1.29 is 0 Å². The lowest BCUT2D eigenvalue weighted by Crippen LogP contribution is -2.32. The first-order valence-electron chi connectivity index (χ1n) is 4.19. The fourth-order valence-corrected chi connectivity index (χ4v) is 1.80. The number of hydrogen-bond donors (Lipinski definition) is 0. The van der Waals surface area contributed by atoms with Crippen molar-refractivity contribution in [2.45, 2.75) is 12.5 Å². The van der Waals surface area contributed by atoms with Crippen LogP contribution >= 0.6 is 11.6 Å². The van der Waals surface area contributed by atoms with Crippen molar-refractivity contribution in [3.63, 3.8) is 0 Å². The summed E-state index contributed by atoms with van der Waals surface area (Å²) in [5.74, 6) is 0.764. The molecular weight excluding hydrogens is 160 g/mol. The Bertz CT molecular complexity index is 117. The lowest BCUT2D eigenvalue weighted by atomic mass is 10.2. The minimum atomic E-state index is 0.748. The van der Waals surface area contributed by atoms with Crippen LogP contribution in [0.2, 0.25) is 0 Å². The van der Waals surface area contributed by atoms with Gasteiger partial charge in [0.1, 0.15) is 0 Å². The molecule has 2 nitrogen and oxygen atoms in total. The van der Waals surface area contributed by atoms with Gasteiger partial charge < -0.3 is 9.80 Å². The molecule has 1 aliphatic heterocycles. The summed E-state index contributed by atoms with van der Waals surface area (Å²) in [5.41, 5.74) is 0. The summed E-state index contributed by atoms with van der Waals surface area (Å²) in [4.78, 5) is 4.73. The van der Waals surface area contributed by atoms with Crippen LogP contribution in [-0.4, -0.2) is 55.5 Å². The lowest BCUT2D eigenvalue weighted by molar-refractivity contribution is 0.275. The van der Waals surface area contributed by atoms with E-state index in [1.165, 1.54) is 19.5 Å². The van der Waals surface area contributed by atoms with E-state index in [2.05, 4.69) is 23.9 Å². The van der Waals surface area contributed by atoms with Crippen LogP contribution in [0.5, 0.6) is 0 Å². The van der Waals surface area contributed by atoms with E-state index in [1.807, 2.05) is 0 Å². The molecule has 3 heteroatoms. The van der Waals surface area contributed by atoms with Gasteiger partial charge in [-0.1, -0.05) is 0 Å². The molecule has 0 aliphatic carbocycles. The van der Waals surface area contributed by atoms with Gasteiger partial charge in [-0.15, -0.1) is 11.6 Å². The average Bonchev–Trinajstić information content (AvgIpc) is 2.37. The van der Waals surface area contributed by atoms with Gasteiger partial charge in [-0.2, -0.15) is 0 Å².